The number of nitrogens with one attached hydrogen (secondary N) is 1. The maximum Gasteiger partial charge on any atom is 0.252 e. The number of hydrogen-bond donors (Lipinski definition) is 1. The second-order valence-electron chi connectivity index (χ2n) is 6.72. The molecule has 1 aliphatic heterocycles. The highest BCUT2D eigenvalue weighted by atomic mass is 79.9. The van der Waals surface area contributed by atoms with E-state index in [-0.39, 0.29) is 11.9 Å². The van der Waals surface area contributed by atoms with E-state index < -0.39 is 0 Å². The van der Waals surface area contributed by atoms with E-state index in [1.165, 1.54) is 11.8 Å². The number of amides is 1. The zero-order valence-electron chi connectivity index (χ0n) is 15.7. The molecule has 3 aromatic rings. The minimum absolute atomic E-state index is 0.0592. The van der Waals surface area contributed by atoms with E-state index in [9.17, 15) is 4.79 Å². The molecule has 0 saturated carbocycles. The predicted octanol–water partition coefficient (Wildman–Crippen LogP) is 4.18. The molecule has 0 radical (unpaired) electrons. The summed E-state index contributed by atoms with van der Waals surface area (Å²) in [5.41, 5.74) is 0.662. The first-order chi connectivity index (χ1) is 14.2. The summed E-state index contributed by atoms with van der Waals surface area (Å²) in [5, 5.41) is 4.04. The summed E-state index contributed by atoms with van der Waals surface area (Å²) in [6, 6.07) is 13.4. The molecule has 6 nitrogen and oxygen atoms in total. The van der Waals surface area contributed by atoms with E-state index in [0.717, 1.165) is 33.8 Å². The molecule has 0 aliphatic carbocycles. The molecule has 1 fully saturated rings. The van der Waals surface area contributed by atoms with Crippen LogP contribution in [0, 0.1) is 0 Å². The molecule has 148 valence electrons. The number of carbonyl (C=O) groups is 1. The minimum Gasteiger partial charge on any atom is -0.347 e. The highest BCUT2D eigenvalue weighted by Gasteiger charge is 2.24. The number of rotatable bonds is 5. The van der Waals surface area contributed by atoms with Gasteiger partial charge in [-0.1, -0.05) is 23.9 Å². The number of halogens is 1. The first-order valence-corrected chi connectivity index (χ1v) is 11.0. The standard InChI is InChI=1S/C21H20BrN5OS/c22-15-8-9-19(25-13-15)29-18-7-2-1-6-17(18)20(28)26-16-5-3-12-27(14-16)21-23-10-4-11-24-21/h1-2,4,6-11,13,16H,3,5,12,14H2,(H,26,28). The van der Waals surface area contributed by atoms with Gasteiger partial charge in [0.25, 0.3) is 5.91 Å². The van der Waals surface area contributed by atoms with E-state index >= 15 is 0 Å². The van der Waals surface area contributed by atoms with Gasteiger partial charge in [-0.25, -0.2) is 15.0 Å². The molecule has 1 N–H and O–H groups in total. The number of benzene rings is 1. The Labute approximate surface area is 182 Å². The molecule has 1 unspecified atom stereocenters. The number of hydrogen-bond acceptors (Lipinski definition) is 6. The van der Waals surface area contributed by atoms with Gasteiger partial charge in [0.2, 0.25) is 5.95 Å². The number of pyridine rings is 1. The fourth-order valence-electron chi connectivity index (χ4n) is 3.27. The van der Waals surface area contributed by atoms with Crippen molar-refractivity contribution in [3.8, 4) is 0 Å². The van der Waals surface area contributed by atoms with Crippen LogP contribution in [0.25, 0.3) is 0 Å². The zero-order chi connectivity index (χ0) is 20.1. The smallest absolute Gasteiger partial charge is 0.252 e. The van der Waals surface area contributed by atoms with Crippen LogP contribution in [-0.4, -0.2) is 40.0 Å². The van der Waals surface area contributed by atoms with Gasteiger partial charge in [0.05, 0.1) is 5.56 Å². The van der Waals surface area contributed by atoms with Gasteiger partial charge in [-0.3, -0.25) is 4.79 Å². The van der Waals surface area contributed by atoms with Crippen molar-refractivity contribution in [2.45, 2.75) is 28.8 Å². The third-order valence-electron chi connectivity index (χ3n) is 4.64. The average Bonchev–Trinajstić information content (AvgIpc) is 2.76. The largest absolute Gasteiger partial charge is 0.347 e. The van der Waals surface area contributed by atoms with Crippen molar-refractivity contribution in [2.75, 3.05) is 18.0 Å². The molecule has 8 heteroatoms. The van der Waals surface area contributed by atoms with Crippen molar-refractivity contribution in [2.24, 2.45) is 0 Å². The highest BCUT2D eigenvalue weighted by molar-refractivity contribution is 9.10. The molecular weight excluding hydrogens is 450 g/mol. The summed E-state index contributed by atoms with van der Waals surface area (Å²) >= 11 is 4.88. The van der Waals surface area contributed by atoms with Crippen molar-refractivity contribution >= 4 is 39.5 Å². The van der Waals surface area contributed by atoms with Gasteiger partial charge in [0.15, 0.2) is 0 Å². The van der Waals surface area contributed by atoms with Crippen LogP contribution in [0.4, 0.5) is 5.95 Å². The van der Waals surface area contributed by atoms with Gasteiger partial charge >= 0.3 is 0 Å². The molecule has 0 bridgehead atoms. The second-order valence-corrected chi connectivity index (χ2v) is 8.70. The lowest BCUT2D eigenvalue weighted by atomic mass is 10.1. The van der Waals surface area contributed by atoms with Gasteiger partial charge in [-0.15, -0.1) is 0 Å². The molecule has 0 spiro atoms. The van der Waals surface area contributed by atoms with Crippen LogP contribution in [0.15, 0.2) is 75.4 Å². The Kier molecular flexibility index (Phi) is 6.41. The lowest BCUT2D eigenvalue weighted by Gasteiger charge is -2.33. The van der Waals surface area contributed by atoms with Crippen LogP contribution in [0.1, 0.15) is 23.2 Å². The lowest BCUT2D eigenvalue weighted by Crippen LogP contribution is -2.48. The topological polar surface area (TPSA) is 71.0 Å². The van der Waals surface area contributed by atoms with Gasteiger partial charge in [-0.2, -0.15) is 0 Å². The van der Waals surface area contributed by atoms with Crippen LogP contribution in [-0.2, 0) is 0 Å². The average molecular weight is 470 g/mol. The summed E-state index contributed by atoms with van der Waals surface area (Å²) in [7, 11) is 0. The molecule has 1 atom stereocenters. The second kappa shape index (κ2) is 9.37. The monoisotopic (exact) mass is 469 g/mol. The van der Waals surface area contributed by atoms with E-state index in [1.54, 1.807) is 18.6 Å². The predicted molar refractivity (Wildman–Crippen MR) is 117 cm³/mol. The summed E-state index contributed by atoms with van der Waals surface area (Å²) in [6.07, 6.45) is 7.18. The Morgan fingerprint density at radius 3 is 2.72 bits per heavy atom. The van der Waals surface area contributed by atoms with Gasteiger partial charge in [0, 0.05) is 47.1 Å². The Morgan fingerprint density at radius 1 is 1.10 bits per heavy atom. The maximum atomic E-state index is 13.0. The lowest BCUT2D eigenvalue weighted by molar-refractivity contribution is 0.0930. The molecule has 1 saturated heterocycles. The van der Waals surface area contributed by atoms with Crippen LogP contribution in [0.3, 0.4) is 0 Å². The Bertz CT molecular complexity index is 970. The minimum atomic E-state index is -0.0639. The summed E-state index contributed by atoms with van der Waals surface area (Å²) in [4.78, 5) is 29.1. The summed E-state index contributed by atoms with van der Waals surface area (Å²) in [5.74, 6) is 0.648. The molecule has 1 aromatic carbocycles. The van der Waals surface area contributed by atoms with E-state index in [2.05, 4.69) is 41.1 Å². The van der Waals surface area contributed by atoms with Crippen LogP contribution >= 0.6 is 27.7 Å². The maximum absolute atomic E-state index is 13.0. The quantitative estimate of drug-likeness (QED) is 0.603. The fourth-order valence-corrected chi connectivity index (χ4v) is 4.39. The van der Waals surface area contributed by atoms with Crippen molar-refractivity contribution in [3.63, 3.8) is 0 Å². The van der Waals surface area contributed by atoms with E-state index in [0.29, 0.717) is 18.1 Å². The van der Waals surface area contributed by atoms with Crippen molar-refractivity contribution in [3.05, 3.63) is 71.1 Å². The molecule has 2 aromatic heterocycles. The van der Waals surface area contributed by atoms with E-state index in [4.69, 9.17) is 0 Å². The number of anilines is 1. The molecule has 29 heavy (non-hydrogen) atoms. The van der Waals surface area contributed by atoms with Crippen molar-refractivity contribution < 1.29 is 4.79 Å². The number of carbonyl (C=O) groups excluding carboxylic acids is 1. The van der Waals surface area contributed by atoms with Gasteiger partial charge in [0.1, 0.15) is 5.03 Å². The summed E-state index contributed by atoms with van der Waals surface area (Å²) < 4.78 is 0.928. The Hall–Kier alpha value is -2.45. The van der Waals surface area contributed by atoms with Gasteiger partial charge in [-0.05, 0) is 59.1 Å². The van der Waals surface area contributed by atoms with Crippen molar-refractivity contribution in [1.29, 1.82) is 0 Å². The first kappa shape index (κ1) is 19.8. The van der Waals surface area contributed by atoms with Crippen LogP contribution in [0.2, 0.25) is 0 Å². The first-order valence-electron chi connectivity index (χ1n) is 9.40. The molecular formula is C21H20BrN5OS. The van der Waals surface area contributed by atoms with Crippen LogP contribution < -0.4 is 10.2 Å². The fraction of sp³-hybridized carbons (Fsp3) is 0.238. The van der Waals surface area contributed by atoms with E-state index in [1.807, 2.05) is 42.5 Å². The number of piperidine rings is 1. The zero-order valence-corrected chi connectivity index (χ0v) is 18.1. The molecule has 1 amide bonds. The number of nitrogens with zero attached hydrogens (tertiary/aromatic N) is 4. The third-order valence-corrected chi connectivity index (χ3v) is 6.13. The molecule has 4 rings (SSSR count). The number of aromatic nitrogens is 3. The normalized spacial score (nSPS) is 16.4. The highest BCUT2D eigenvalue weighted by Crippen LogP contribution is 2.30. The van der Waals surface area contributed by atoms with Crippen LogP contribution in [0.5, 0.6) is 0 Å². The molecule has 1 aliphatic rings. The third kappa shape index (κ3) is 5.13. The van der Waals surface area contributed by atoms with Crippen molar-refractivity contribution in [1.82, 2.24) is 20.3 Å². The Morgan fingerprint density at radius 2 is 1.93 bits per heavy atom. The SMILES string of the molecule is O=C(NC1CCCN(c2ncccn2)C1)c1ccccc1Sc1ccc(Br)cn1. The Balaban J connectivity index is 1.45. The summed E-state index contributed by atoms with van der Waals surface area (Å²) in [6.45, 7) is 1.61. The molecule has 3 heterocycles. The van der Waals surface area contributed by atoms with Gasteiger partial charge < -0.3 is 10.2 Å².